The quantitative estimate of drug-likeness (QED) is 0.280. The van der Waals surface area contributed by atoms with E-state index in [2.05, 4.69) is 35.9 Å². The molecule has 3 atom stereocenters. The lowest BCUT2D eigenvalue weighted by Crippen LogP contribution is -2.12. The van der Waals surface area contributed by atoms with E-state index < -0.39 is 6.10 Å². The molecule has 0 aliphatic heterocycles. The van der Waals surface area contributed by atoms with Gasteiger partial charge in [-0.05, 0) is 49.1 Å². The zero-order valence-electron chi connectivity index (χ0n) is 17.9. The van der Waals surface area contributed by atoms with Crippen LogP contribution < -0.4 is 0 Å². The largest absolute Gasteiger partial charge is 0.469 e. The van der Waals surface area contributed by atoms with Crippen molar-refractivity contribution in [2.24, 2.45) is 5.92 Å². The number of aliphatic hydroxyl groups is 1. The summed E-state index contributed by atoms with van der Waals surface area (Å²) in [7, 11) is 1.41. The van der Waals surface area contributed by atoms with Gasteiger partial charge in [-0.2, -0.15) is 0 Å². The number of hydrogen-bond acceptors (Lipinski definition) is 4. The second-order valence-electron chi connectivity index (χ2n) is 8.07. The van der Waals surface area contributed by atoms with E-state index >= 15 is 0 Å². The average molecular weight is 401 g/mol. The number of allylic oxidation sites excluding steroid dienone is 2. The van der Waals surface area contributed by atoms with Crippen LogP contribution in [0.15, 0.2) is 36.4 Å². The van der Waals surface area contributed by atoms with Crippen LogP contribution in [0.2, 0.25) is 0 Å². The molecule has 0 bridgehead atoms. The van der Waals surface area contributed by atoms with Gasteiger partial charge in [0, 0.05) is 18.8 Å². The lowest BCUT2D eigenvalue weighted by molar-refractivity contribution is -0.140. The monoisotopic (exact) mass is 400 g/mol. The first-order chi connectivity index (χ1) is 14.1. The molecule has 1 aromatic rings. The van der Waals surface area contributed by atoms with Crippen LogP contribution in [0.5, 0.6) is 0 Å². The first kappa shape index (κ1) is 23.3. The average Bonchev–Trinajstić information content (AvgIpc) is 3.10. The van der Waals surface area contributed by atoms with E-state index in [4.69, 9.17) is 0 Å². The van der Waals surface area contributed by atoms with Crippen LogP contribution in [0.4, 0.5) is 0 Å². The molecule has 1 unspecified atom stereocenters. The van der Waals surface area contributed by atoms with Gasteiger partial charge in [-0.3, -0.25) is 9.59 Å². The van der Waals surface area contributed by atoms with Gasteiger partial charge in [0.25, 0.3) is 0 Å². The number of rotatable bonds is 12. The summed E-state index contributed by atoms with van der Waals surface area (Å²) in [5, 5.41) is 10.3. The number of methoxy groups -OCH3 is 1. The molecular formula is C25H36O4. The van der Waals surface area contributed by atoms with Crippen LogP contribution in [0, 0.1) is 5.92 Å². The number of hydrogen-bond donors (Lipinski definition) is 1. The van der Waals surface area contributed by atoms with E-state index in [-0.39, 0.29) is 17.8 Å². The Kier molecular flexibility index (Phi) is 10.1. The number of carbonyl (C=O) groups excluding carboxylic acids is 2. The molecule has 0 amide bonds. The van der Waals surface area contributed by atoms with Gasteiger partial charge >= 0.3 is 5.97 Å². The molecule has 2 rings (SSSR count). The zero-order valence-corrected chi connectivity index (χ0v) is 17.9. The molecule has 1 N–H and O–H groups in total. The Hall–Kier alpha value is -1.94. The van der Waals surface area contributed by atoms with Gasteiger partial charge in [-0.25, -0.2) is 0 Å². The summed E-state index contributed by atoms with van der Waals surface area (Å²) in [6.45, 7) is 2.16. The van der Waals surface area contributed by atoms with Crippen molar-refractivity contribution in [2.45, 2.75) is 83.2 Å². The summed E-state index contributed by atoms with van der Waals surface area (Å²) in [6, 6.07) is 8.23. The van der Waals surface area contributed by atoms with Crippen molar-refractivity contribution in [1.82, 2.24) is 0 Å². The predicted octanol–water partition coefficient (Wildman–Crippen LogP) is 5.65. The zero-order chi connectivity index (χ0) is 21.1. The van der Waals surface area contributed by atoms with Gasteiger partial charge in [0.2, 0.25) is 0 Å². The smallest absolute Gasteiger partial charge is 0.305 e. The fourth-order valence-electron chi connectivity index (χ4n) is 4.15. The van der Waals surface area contributed by atoms with Crippen molar-refractivity contribution in [3.05, 3.63) is 47.5 Å². The van der Waals surface area contributed by atoms with Gasteiger partial charge in [0.05, 0.1) is 13.2 Å². The maximum Gasteiger partial charge on any atom is 0.305 e. The molecule has 0 aromatic heterocycles. The third-order valence-corrected chi connectivity index (χ3v) is 5.97. The maximum absolute atomic E-state index is 12.4. The first-order valence-corrected chi connectivity index (χ1v) is 11.1. The third-order valence-electron chi connectivity index (χ3n) is 5.97. The summed E-state index contributed by atoms with van der Waals surface area (Å²) in [5.41, 5.74) is 2.17. The Labute approximate surface area is 175 Å². The molecule has 4 nitrogen and oxygen atoms in total. The van der Waals surface area contributed by atoms with Gasteiger partial charge in [0.1, 0.15) is 5.78 Å². The molecule has 1 aliphatic rings. The molecule has 0 radical (unpaired) electrons. The molecule has 4 heteroatoms. The number of unbranched alkanes of at least 4 members (excludes halogenated alkanes) is 3. The molecular weight excluding hydrogens is 364 g/mol. The Morgan fingerprint density at radius 3 is 2.66 bits per heavy atom. The second kappa shape index (κ2) is 12.6. The fraction of sp³-hybridized carbons (Fsp3) is 0.600. The molecule has 0 heterocycles. The molecule has 1 saturated carbocycles. The number of benzene rings is 1. The van der Waals surface area contributed by atoms with Gasteiger partial charge < -0.3 is 9.84 Å². The topological polar surface area (TPSA) is 63.6 Å². The minimum atomic E-state index is -0.399. The van der Waals surface area contributed by atoms with Crippen molar-refractivity contribution in [3.63, 3.8) is 0 Å². The Bertz CT molecular complexity index is 662. The highest BCUT2D eigenvalue weighted by molar-refractivity contribution is 5.84. The molecule has 1 aliphatic carbocycles. The third kappa shape index (κ3) is 7.43. The molecule has 0 spiro atoms. The number of Topliss-reactive ketones (excluding diaryl/α,β-unsaturated/α-hetero) is 1. The van der Waals surface area contributed by atoms with Gasteiger partial charge in [0.15, 0.2) is 0 Å². The molecule has 1 fully saturated rings. The predicted molar refractivity (Wildman–Crippen MR) is 116 cm³/mol. The summed E-state index contributed by atoms with van der Waals surface area (Å²) >= 11 is 0. The minimum Gasteiger partial charge on any atom is -0.469 e. The van der Waals surface area contributed by atoms with Crippen molar-refractivity contribution in [1.29, 1.82) is 0 Å². The molecule has 0 saturated heterocycles. The number of ketones is 1. The normalized spacial score (nSPS) is 20.3. The summed E-state index contributed by atoms with van der Waals surface area (Å²) in [5.74, 6) is 0.460. The van der Waals surface area contributed by atoms with E-state index in [0.29, 0.717) is 18.6 Å². The Balaban J connectivity index is 1.88. The standard InChI is InChI=1S/C25H36O4/c1-3-4-7-11-23(26)20-15-13-19(14-16-20)21-17-18-24(27)22(21)10-8-5-6-9-12-25(28)29-2/h5,8,13-16,21-23,26H,3-4,6-7,9-12,17-18H2,1-2H3/b8-5-/t21-,22-,23?/m1/s1. The summed E-state index contributed by atoms with van der Waals surface area (Å²) < 4.78 is 4.64. The van der Waals surface area contributed by atoms with Crippen molar-refractivity contribution < 1.29 is 19.4 Å². The first-order valence-electron chi connectivity index (χ1n) is 11.1. The number of carbonyl (C=O) groups is 2. The van der Waals surface area contributed by atoms with E-state index in [1.807, 2.05) is 12.1 Å². The van der Waals surface area contributed by atoms with E-state index in [1.165, 1.54) is 12.7 Å². The maximum atomic E-state index is 12.4. The van der Waals surface area contributed by atoms with E-state index in [0.717, 1.165) is 56.9 Å². The van der Waals surface area contributed by atoms with Crippen molar-refractivity contribution in [2.75, 3.05) is 7.11 Å². The molecule has 1 aromatic carbocycles. The van der Waals surface area contributed by atoms with Crippen molar-refractivity contribution >= 4 is 11.8 Å². The van der Waals surface area contributed by atoms with Crippen LogP contribution in [0.1, 0.15) is 94.3 Å². The lowest BCUT2D eigenvalue weighted by atomic mass is 9.85. The van der Waals surface area contributed by atoms with Crippen LogP contribution in [0.25, 0.3) is 0 Å². The summed E-state index contributed by atoms with van der Waals surface area (Å²) in [6.07, 6.45) is 12.2. The second-order valence-corrected chi connectivity index (χ2v) is 8.07. The number of ether oxygens (including phenoxy) is 1. The molecule has 160 valence electrons. The van der Waals surface area contributed by atoms with Gasteiger partial charge in [-0.15, -0.1) is 0 Å². The van der Waals surface area contributed by atoms with Crippen LogP contribution >= 0.6 is 0 Å². The number of aliphatic hydroxyl groups excluding tert-OH is 1. The van der Waals surface area contributed by atoms with Crippen molar-refractivity contribution in [3.8, 4) is 0 Å². The fourth-order valence-corrected chi connectivity index (χ4v) is 4.15. The van der Waals surface area contributed by atoms with E-state index in [1.54, 1.807) is 0 Å². The van der Waals surface area contributed by atoms with E-state index in [9.17, 15) is 14.7 Å². The Morgan fingerprint density at radius 1 is 1.21 bits per heavy atom. The van der Waals surface area contributed by atoms with Crippen LogP contribution in [-0.4, -0.2) is 24.0 Å². The highest BCUT2D eigenvalue weighted by Gasteiger charge is 2.34. The summed E-state index contributed by atoms with van der Waals surface area (Å²) in [4.78, 5) is 23.5. The highest BCUT2D eigenvalue weighted by Crippen LogP contribution is 2.40. The highest BCUT2D eigenvalue weighted by atomic mass is 16.5. The van der Waals surface area contributed by atoms with Crippen LogP contribution in [-0.2, 0) is 14.3 Å². The SMILES string of the molecule is CCCCCC(O)c1ccc([C@H]2CCC(=O)[C@@H]2C/C=C\CCCC(=O)OC)cc1. The number of esters is 1. The minimum absolute atomic E-state index is 0.0344. The van der Waals surface area contributed by atoms with Gasteiger partial charge in [-0.1, -0.05) is 62.6 Å². The molecule has 29 heavy (non-hydrogen) atoms. The Morgan fingerprint density at radius 2 is 1.97 bits per heavy atom. The lowest BCUT2D eigenvalue weighted by Gasteiger charge is -2.19. The van der Waals surface area contributed by atoms with Crippen LogP contribution in [0.3, 0.4) is 0 Å².